The summed E-state index contributed by atoms with van der Waals surface area (Å²) in [5.41, 5.74) is 5.17. The van der Waals surface area contributed by atoms with E-state index in [9.17, 15) is 9.59 Å². The molecule has 4 aromatic carbocycles. The van der Waals surface area contributed by atoms with Crippen LogP contribution in [0.15, 0.2) is 102 Å². The number of benzene rings is 4. The SMILES string of the molecule is CON=C(c1ccc(CC(=O)c2ccc(OCCO)cc2)cc1)c1ccc(CC(=O)c2ccc(OCCO)cc2)cc1. The molecule has 4 aromatic rings. The molecule has 0 radical (unpaired) electrons. The minimum atomic E-state index is -0.0693. The number of carbonyl (C=O) groups excluding carboxylic acids is 2. The predicted molar refractivity (Wildman–Crippen MR) is 160 cm³/mol. The van der Waals surface area contributed by atoms with Crippen molar-refractivity contribution in [1.29, 1.82) is 0 Å². The van der Waals surface area contributed by atoms with Crippen LogP contribution in [0.25, 0.3) is 0 Å². The first-order valence-electron chi connectivity index (χ1n) is 13.5. The van der Waals surface area contributed by atoms with E-state index in [2.05, 4.69) is 5.16 Å². The van der Waals surface area contributed by atoms with E-state index in [-0.39, 0.29) is 50.8 Å². The number of rotatable bonds is 15. The molecular weight excluding hydrogens is 534 g/mol. The van der Waals surface area contributed by atoms with Gasteiger partial charge in [-0.2, -0.15) is 0 Å². The zero-order valence-corrected chi connectivity index (χ0v) is 23.4. The largest absolute Gasteiger partial charge is 0.491 e. The molecule has 8 nitrogen and oxygen atoms in total. The van der Waals surface area contributed by atoms with Crippen LogP contribution in [0.5, 0.6) is 11.5 Å². The van der Waals surface area contributed by atoms with Gasteiger partial charge in [-0.3, -0.25) is 9.59 Å². The maximum atomic E-state index is 12.8. The van der Waals surface area contributed by atoms with Gasteiger partial charge in [0.1, 0.15) is 37.5 Å². The van der Waals surface area contributed by atoms with Crippen molar-refractivity contribution in [3.8, 4) is 11.5 Å². The lowest BCUT2D eigenvalue weighted by Crippen LogP contribution is -2.07. The standard InChI is InChI=1S/C34H33NO7/c1-40-35-34(28-6-2-24(3-7-28)22-32(38)26-10-14-30(15-11-26)41-20-18-36)29-8-4-25(5-9-29)23-33(39)27-12-16-31(17-13-27)42-21-19-37/h2-17,36-37H,18-23H2,1H3. The highest BCUT2D eigenvalue weighted by molar-refractivity contribution is 6.12. The van der Waals surface area contributed by atoms with E-state index in [1.807, 2.05) is 48.5 Å². The van der Waals surface area contributed by atoms with Crippen LogP contribution in [0, 0.1) is 0 Å². The molecule has 0 amide bonds. The van der Waals surface area contributed by atoms with Crippen molar-refractivity contribution < 1.29 is 34.1 Å². The third-order valence-electron chi connectivity index (χ3n) is 6.44. The summed E-state index contributed by atoms with van der Waals surface area (Å²) in [4.78, 5) is 30.7. The number of aliphatic hydroxyl groups excluding tert-OH is 2. The van der Waals surface area contributed by atoms with Gasteiger partial charge in [-0.05, 0) is 59.7 Å². The second-order valence-electron chi connectivity index (χ2n) is 9.41. The Hall–Kier alpha value is -4.79. The normalized spacial score (nSPS) is 10.5. The maximum Gasteiger partial charge on any atom is 0.167 e. The van der Waals surface area contributed by atoms with Gasteiger partial charge in [-0.25, -0.2) is 0 Å². The Bertz CT molecular complexity index is 1370. The van der Waals surface area contributed by atoms with Crippen molar-refractivity contribution in [3.63, 3.8) is 0 Å². The fourth-order valence-corrected chi connectivity index (χ4v) is 4.30. The van der Waals surface area contributed by atoms with Crippen molar-refractivity contribution in [1.82, 2.24) is 0 Å². The highest BCUT2D eigenvalue weighted by Crippen LogP contribution is 2.19. The Morgan fingerprint density at radius 2 is 0.929 bits per heavy atom. The molecule has 4 rings (SSSR count). The van der Waals surface area contributed by atoms with Crippen LogP contribution in [0.3, 0.4) is 0 Å². The molecule has 0 saturated carbocycles. The highest BCUT2D eigenvalue weighted by Gasteiger charge is 2.13. The summed E-state index contributed by atoms with van der Waals surface area (Å²) in [6, 6.07) is 28.9. The molecule has 42 heavy (non-hydrogen) atoms. The topological polar surface area (TPSA) is 115 Å². The number of hydrogen-bond donors (Lipinski definition) is 2. The van der Waals surface area contributed by atoms with Gasteiger partial charge in [0.25, 0.3) is 0 Å². The first-order valence-corrected chi connectivity index (χ1v) is 13.5. The molecule has 0 aliphatic rings. The van der Waals surface area contributed by atoms with E-state index in [1.165, 1.54) is 7.11 Å². The highest BCUT2D eigenvalue weighted by atomic mass is 16.6. The van der Waals surface area contributed by atoms with Crippen molar-refractivity contribution >= 4 is 17.3 Å². The van der Waals surface area contributed by atoms with Crippen molar-refractivity contribution in [2.24, 2.45) is 5.16 Å². The fraction of sp³-hybridized carbons (Fsp3) is 0.206. The summed E-state index contributed by atoms with van der Waals surface area (Å²) in [7, 11) is 1.49. The van der Waals surface area contributed by atoms with Gasteiger partial charge in [0.15, 0.2) is 11.6 Å². The zero-order valence-electron chi connectivity index (χ0n) is 23.4. The number of nitrogens with zero attached hydrogens (tertiary/aromatic N) is 1. The van der Waals surface area contributed by atoms with E-state index in [4.69, 9.17) is 24.5 Å². The third kappa shape index (κ3) is 8.36. The summed E-state index contributed by atoms with van der Waals surface area (Å²) in [5.74, 6) is 1.17. The van der Waals surface area contributed by atoms with Crippen LogP contribution in [0.2, 0.25) is 0 Å². The lowest BCUT2D eigenvalue weighted by atomic mass is 9.96. The van der Waals surface area contributed by atoms with E-state index >= 15 is 0 Å². The van der Waals surface area contributed by atoms with Crippen LogP contribution in [-0.2, 0) is 17.7 Å². The zero-order chi connectivity index (χ0) is 29.7. The fourth-order valence-electron chi connectivity index (χ4n) is 4.30. The number of ether oxygens (including phenoxy) is 2. The van der Waals surface area contributed by atoms with Crippen LogP contribution >= 0.6 is 0 Å². The summed E-state index contributed by atoms with van der Waals surface area (Å²) in [6.45, 7) is 0.272. The van der Waals surface area contributed by atoms with Gasteiger partial charge in [0.2, 0.25) is 0 Å². The number of Topliss-reactive ketones (excluding diaryl/α,β-unsaturated/α-hetero) is 2. The second-order valence-corrected chi connectivity index (χ2v) is 9.41. The molecule has 0 atom stereocenters. The second kappa shape index (κ2) is 15.3. The summed E-state index contributed by atoms with van der Waals surface area (Å²) in [5, 5.41) is 22.0. The molecule has 0 spiro atoms. The van der Waals surface area contributed by atoms with E-state index in [0.29, 0.717) is 28.3 Å². The lowest BCUT2D eigenvalue weighted by Gasteiger charge is -2.09. The molecule has 0 aliphatic heterocycles. The molecule has 216 valence electrons. The molecule has 8 heteroatoms. The summed E-state index contributed by atoms with van der Waals surface area (Å²) < 4.78 is 10.7. The molecule has 0 heterocycles. The molecule has 0 aromatic heterocycles. The maximum absolute atomic E-state index is 12.8. The van der Waals surface area contributed by atoms with Gasteiger partial charge in [-0.15, -0.1) is 0 Å². The quantitative estimate of drug-likeness (QED) is 0.122. The van der Waals surface area contributed by atoms with Crippen molar-refractivity contribution in [2.45, 2.75) is 12.8 Å². The van der Waals surface area contributed by atoms with Gasteiger partial charge in [0, 0.05) is 35.1 Å². The van der Waals surface area contributed by atoms with Crippen LogP contribution in [-0.4, -0.2) is 61.0 Å². The lowest BCUT2D eigenvalue weighted by molar-refractivity contribution is 0.0984. The number of ketones is 2. The van der Waals surface area contributed by atoms with Crippen LogP contribution in [0.4, 0.5) is 0 Å². The Labute approximate surface area is 244 Å². The summed E-state index contributed by atoms with van der Waals surface area (Å²) >= 11 is 0. The molecule has 0 fully saturated rings. The average Bonchev–Trinajstić information content (AvgIpc) is 3.03. The minimum absolute atomic E-state index is 0.0154. The molecule has 0 saturated heterocycles. The first kappa shape index (κ1) is 30.2. The first-order chi connectivity index (χ1) is 20.5. The third-order valence-corrected chi connectivity index (χ3v) is 6.44. The summed E-state index contributed by atoms with van der Waals surface area (Å²) in [6.07, 6.45) is 0.490. The molecule has 0 unspecified atom stereocenters. The Morgan fingerprint density at radius 1 is 0.571 bits per heavy atom. The monoisotopic (exact) mass is 567 g/mol. The number of oxime groups is 1. The average molecular weight is 568 g/mol. The predicted octanol–water partition coefficient (Wildman–Crippen LogP) is 4.68. The minimum Gasteiger partial charge on any atom is -0.491 e. The van der Waals surface area contributed by atoms with Gasteiger partial charge >= 0.3 is 0 Å². The van der Waals surface area contributed by atoms with E-state index in [0.717, 1.165) is 22.3 Å². The molecule has 0 bridgehead atoms. The van der Waals surface area contributed by atoms with E-state index in [1.54, 1.807) is 48.5 Å². The van der Waals surface area contributed by atoms with Crippen molar-refractivity contribution in [2.75, 3.05) is 33.5 Å². The Morgan fingerprint density at radius 3 is 1.26 bits per heavy atom. The Balaban J connectivity index is 1.38. The molecule has 2 N–H and O–H groups in total. The van der Waals surface area contributed by atoms with Gasteiger partial charge in [-0.1, -0.05) is 53.7 Å². The van der Waals surface area contributed by atoms with Gasteiger partial charge in [0.05, 0.1) is 13.2 Å². The van der Waals surface area contributed by atoms with Crippen LogP contribution in [0.1, 0.15) is 43.0 Å². The number of carbonyl (C=O) groups is 2. The van der Waals surface area contributed by atoms with E-state index < -0.39 is 0 Å². The number of hydrogen-bond acceptors (Lipinski definition) is 8. The Kier molecular flexibility index (Phi) is 11.0. The number of aliphatic hydroxyl groups is 2. The van der Waals surface area contributed by atoms with Crippen LogP contribution < -0.4 is 9.47 Å². The molecular formula is C34H33NO7. The smallest absolute Gasteiger partial charge is 0.167 e. The van der Waals surface area contributed by atoms with Gasteiger partial charge < -0.3 is 24.5 Å². The molecule has 0 aliphatic carbocycles. The van der Waals surface area contributed by atoms with Crippen molar-refractivity contribution in [3.05, 3.63) is 130 Å².